The van der Waals surface area contributed by atoms with E-state index >= 15 is 0 Å². The van der Waals surface area contributed by atoms with Gasteiger partial charge in [-0.05, 0) is 53.4 Å². The number of likely N-dealkylation sites (tertiary alicyclic amines) is 1. The first-order valence-electron chi connectivity index (χ1n) is 9.58. The van der Waals surface area contributed by atoms with Gasteiger partial charge in [-0.15, -0.1) is 0 Å². The van der Waals surface area contributed by atoms with Gasteiger partial charge in [0.2, 0.25) is 5.91 Å². The molecule has 1 aliphatic rings. The molecule has 0 aromatic heterocycles. The van der Waals surface area contributed by atoms with Crippen LogP contribution in [0.15, 0.2) is 54.6 Å². The highest BCUT2D eigenvalue weighted by Gasteiger charge is 2.22. The lowest BCUT2D eigenvalue weighted by atomic mass is 9.80. The molecule has 2 aromatic carbocycles. The molecule has 2 N–H and O–H groups in total. The van der Waals surface area contributed by atoms with Crippen molar-refractivity contribution >= 4 is 24.6 Å². The summed E-state index contributed by atoms with van der Waals surface area (Å²) in [6.45, 7) is 3.73. The number of amides is 1. The van der Waals surface area contributed by atoms with Crippen molar-refractivity contribution in [3.63, 3.8) is 0 Å². The van der Waals surface area contributed by atoms with Gasteiger partial charge in [0.15, 0.2) is 0 Å². The van der Waals surface area contributed by atoms with Gasteiger partial charge in [-0.25, -0.2) is 0 Å². The van der Waals surface area contributed by atoms with Crippen LogP contribution in [-0.4, -0.2) is 41.1 Å². The highest BCUT2D eigenvalue weighted by Crippen LogP contribution is 2.28. The zero-order valence-corrected chi connectivity index (χ0v) is 15.7. The predicted octanol–water partition coefficient (Wildman–Crippen LogP) is 2.35. The number of carbonyl (C=O) groups excluding carboxylic acids is 1. The summed E-state index contributed by atoms with van der Waals surface area (Å²) in [5, 5.41) is 18.2. The minimum atomic E-state index is -1.47. The molecule has 3 rings (SSSR count). The van der Waals surface area contributed by atoms with Crippen molar-refractivity contribution in [1.82, 2.24) is 4.90 Å². The van der Waals surface area contributed by atoms with E-state index in [-0.39, 0.29) is 5.91 Å². The second kappa shape index (κ2) is 9.02. The van der Waals surface area contributed by atoms with E-state index in [9.17, 15) is 4.79 Å². The van der Waals surface area contributed by atoms with Crippen LogP contribution >= 0.6 is 0 Å². The Balaban J connectivity index is 1.55. The smallest absolute Gasteiger partial charge is 0.423 e. The molecule has 1 heterocycles. The van der Waals surface area contributed by atoms with E-state index in [2.05, 4.69) is 31.2 Å². The molecule has 1 fully saturated rings. The molecule has 4 nitrogen and oxygen atoms in total. The summed E-state index contributed by atoms with van der Waals surface area (Å²) in [6, 6.07) is 15.6. The maximum atomic E-state index is 12.4. The van der Waals surface area contributed by atoms with Gasteiger partial charge in [0.25, 0.3) is 0 Å². The first-order valence-corrected chi connectivity index (χ1v) is 9.58. The number of piperidine rings is 1. The lowest BCUT2D eigenvalue weighted by Crippen LogP contribution is -2.36. The molecule has 140 valence electrons. The fourth-order valence-electron chi connectivity index (χ4n) is 3.55. The summed E-state index contributed by atoms with van der Waals surface area (Å²) in [7, 11) is -1.47. The van der Waals surface area contributed by atoms with Crippen LogP contribution in [-0.2, 0) is 11.2 Å². The number of hydrogen-bond acceptors (Lipinski definition) is 3. The first-order chi connectivity index (χ1) is 13.1. The normalized spacial score (nSPS) is 15.3. The summed E-state index contributed by atoms with van der Waals surface area (Å²) >= 11 is 0. The average molecular weight is 363 g/mol. The van der Waals surface area contributed by atoms with E-state index in [1.807, 2.05) is 4.90 Å². The van der Waals surface area contributed by atoms with E-state index in [1.54, 1.807) is 36.4 Å². The van der Waals surface area contributed by atoms with E-state index in [4.69, 9.17) is 10.0 Å². The third-order valence-corrected chi connectivity index (χ3v) is 5.29. The number of rotatable bonds is 5. The summed E-state index contributed by atoms with van der Waals surface area (Å²) in [5.41, 5.74) is 4.06. The Morgan fingerprint density at radius 1 is 1.15 bits per heavy atom. The zero-order valence-electron chi connectivity index (χ0n) is 15.7. The summed E-state index contributed by atoms with van der Waals surface area (Å²) < 4.78 is 0. The maximum Gasteiger partial charge on any atom is 0.488 e. The third kappa shape index (κ3) is 5.09. The Labute approximate surface area is 161 Å². The molecule has 5 heteroatoms. The summed E-state index contributed by atoms with van der Waals surface area (Å²) in [4.78, 5) is 14.4. The molecule has 27 heavy (non-hydrogen) atoms. The van der Waals surface area contributed by atoms with E-state index in [1.165, 1.54) is 11.1 Å². The molecular weight excluding hydrogens is 337 g/mol. The third-order valence-electron chi connectivity index (χ3n) is 5.29. The molecule has 2 aromatic rings. The summed E-state index contributed by atoms with van der Waals surface area (Å²) in [6.07, 6.45) is 6.41. The topological polar surface area (TPSA) is 60.8 Å². The number of nitrogens with zero attached hydrogens (tertiary/aromatic N) is 1. The van der Waals surface area contributed by atoms with Crippen LogP contribution in [0.2, 0.25) is 0 Å². The van der Waals surface area contributed by atoms with Crippen molar-refractivity contribution in [3.8, 4) is 0 Å². The number of aryl methyl sites for hydroxylation is 1. The highest BCUT2D eigenvalue weighted by atomic mass is 16.4. The average Bonchev–Trinajstić information content (AvgIpc) is 2.72. The van der Waals surface area contributed by atoms with E-state index in [0.717, 1.165) is 37.9 Å². The predicted molar refractivity (Wildman–Crippen MR) is 110 cm³/mol. The fraction of sp³-hybridized carbons (Fsp3) is 0.318. The molecule has 0 saturated carbocycles. The van der Waals surface area contributed by atoms with Gasteiger partial charge in [-0.1, -0.05) is 55.5 Å². The maximum absolute atomic E-state index is 12.4. The largest absolute Gasteiger partial charge is 0.488 e. The molecule has 1 amide bonds. The Morgan fingerprint density at radius 3 is 2.48 bits per heavy atom. The first kappa shape index (κ1) is 19.4. The molecule has 0 radical (unpaired) electrons. The van der Waals surface area contributed by atoms with Crippen molar-refractivity contribution < 1.29 is 14.8 Å². The van der Waals surface area contributed by atoms with Crippen molar-refractivity contribution in [2.45, 2.75) is 32.1 Å². The minimum absolute atomic E-state index is 0.0297. The molecular formula is C22H26BNO3. The van der Waals surface area contributed by atoms with Gasteiger partial charge in [-0.2, -0.15) is 0 Å². The van der Waals surface area contributed by atoms with Crippen LogP contribution in [0.1, 0.15) is 42.4 Å². The number of carbonyl (C=O) groups is 1. The molecule has 0 bridgehead atoms. The van der Waals surface area contributed by atoms with E-state index in [0.29, 0.717) is 11.4 Å². The van der Waals surface area contributed by atoms with Crippen LogP contribution in [0.25, 0.3) is 6.08 Å². The standard InChI is InChI=1S/C22H26BNO3/c1-2-17-4-3-5-20(16-17)19-12-14-24(15-13-19)22(25)11-8-18-6-9-21(10-7-18)23(26)27/h3-11,16,19,26-27H,2,12-15H2,1H3/b11-8+. The Hall–Kier alpha value is -2.37. The molecule has 0 atom stereocenters. The fourth-order valence-corrected chi connectivity index (χ4v) is 3.55. The Bertz CT molecular complexity index is 793. The van der Waals surface area contributed by atoms with Gasteiger partial charge < -0.3 is 14.9 Å². The summed E-state index contributed by atoms with van der Waals surface area (Å²) in [5.74, 6) is 0.559. The molecule has 0 aliphatic carbocycles. The minimum Gasteiger partial charge on any atom is -0.423 e. The van der Waals surface area contributed by atoms with Crippen molar-refractivity contribution in [2.24, 2.45) is 0 Å². The SMILES string of the molecule is CCc1cccc(C2CCN(C(=O)/C=C/c3ccc(B(O)O)cc3)CC2)c1. The molecule has 0 spiro atoms. The van der Waals surface area contributed by atoms with Gasteiger partial charge in [-0.3, -0.25) is 4.79 Å². The van der Waals surface area contributed by atoms with Gasteiger partial charge in [0.05, 0.1) is 0 Å². The monoisotopic (exact) mass is 363 g/mol. The van der Waals surface area contributed by atoms with Crippen molar-refractivity contribution in [3.05, 3.63) is 71.3 Å². The second-order valence-electron chi connectivity index (χ2n) is 7.07. The van der Waals surface area contributed by atoms with Crippen LogP contribution < -0.4 is 5.46 Å². The van der Waals surface area contributed by atoms with Gasteiger partial charge in [0, 0.05) is 19.2 Å². The van der Waals surface area contributed by atoms with Crippen LogP contribution in [0.3, 0.4) is 0 Å². The lowest BCUT2D eigenvalue weighted by molar-refractivity contribution is -0.126. The number of hydrogen-bond donors (Lipinski definition) is 2. The van der Waals surface area contributed by atoms with Crippen LogP contribution in [0.5, 0.6) is 0 Å². The quantitative estimate of drug-likeness (QED) is 0.633. The molecule has 1 saturated heterocycles. The second-order valence-corrected chi connectivity index (χ2v) is 7.07. The van der Waals surface area contributed by atoms with Crippen LogP contribution in [0, 0.1) is 0 Å². The van der Waals surface area contributed by atoms with Gasteiger partial charge >= 0.3 is 7.12 Å². The van der Waals surface area contributed by atoms with Gasteiger partial charge in [0.1, 0.15) is 0 Å². The van der Waals surface area contributed by atoms with Crippen LogP contribution in [0.4, 0.5) is 0 Å². The molecule has 1 aliphatic heterocycles. The Morgan fingerprint density at radius 2 is 1.85 bits per heavy atom. The number of benzene rings is 2. The highest BCUT2D eigenvalue weighted by molar-refractivity contribution is 6.58. The lowest BCUT2D eigenvalue weighted by Gasteiger charge is -2.31. The van der Waals surface area contributed by atoms with E-state index < -0.39 is 7.12 Å². The Kier molecular flexibility index (Phi) is 6.48. The van der Waals surface area contributed by atoms with Crippen molar-refractivity contribution in [2.75, 3.05) is 13.1 Å². The van der Waals surface area contributed by atoms with Crippen molar-refractivity contribution in [1.29, 1.82) is 0 Å². The molecule has 0 unspecified atom stereocenters. The zero-order chi connectivity index (χ0) is 19.2.